The van der Waals surface area contributed by atoms with Crippen LogP contribution in [0.1, 0.15) is 24.2 Å². The molecule has 1 aromatic carbocycles. The highest BCUT2D eigenvalue weighted by Gasteiger charge is 2.25. The Balaban J connectivity index is 2.75. The van der Waals surface area contributed by atoms with Gasteiger partial charge in [0, 0.05) is 17.3 Å². The van der Waals surface area contributed by atoms with E-state index < -0.39 is 11.3 Å². The van der Waals surface area contributed by atoms with Crippen molar-refractivity contribution < 1.29 is 9.59 Å². The molecule has 0 bridgehead atoms. The summed E-state index contributed by atoms with van der Waals surface area (Å²) in [6.07, 6.45) is 0. The van der Waals surface area contributed by atoms with E-state index in [0.29, 0.717) is 10.6 Å². The van der Waals surface area contributed by atoms with Crippen LogP contribution in [0.4, 0.5) is 5.69 Å². The van der Waals surface area contributed by atoms with E-state index in [1.54, 1.807) is 19.9 Å². The molecule has 1 aromatic rings. The summed E-state index contributed by atoms with van der Waals surface area (Å²) in [5.74, 6) is -0.842. The number of anilines is 1. The second-order valence-corrected chi connectivity index (χ2v) is 5.10. The molecule has 18 heavy (non-hydrogen) atoms. The van der Waals surface area contributed by atoms with Crippen LogP contribution in [0, 0.1) is 5.41 Å². The lowest BCUT2D eigenvalue weighted by atomic mass is 9.92. The summed E-state index contributed by atoms with van der Waals surface area (Å²) >= 11 is 5.74. The first-order valence-electron chi connectivity index (χ1n) is 5.37. The van der Waals surface area contributed by atoms with E-state index in [1.165, 1.54) is 12.1 Å². The maximum absolute atomic E-state index is 11.9. The predicted molar refractivity (Wildman–Crippen MR) is 71.2 cm³/mol. The Morgan fingerprint density at radius 2 is 2.00 bits per heavy atom. The van der Waals surface area contributed by atoms with Gasteiger partial charge in [-0.15, -0.1) is 0 Å². The van der Waals surface area contributed by atoms with E-state index >= 15 is 0 Å². The van der Waals surface area contributed by atoms with Crippen molar-refractivity contribution in [3.8, 4) is 0 Å². The molecule has 5 nitrogen and oxygen atoms in total. The molecule has 0 aromatic heterocycles. The molecule has 6 heteroatoms. The number of nitrogen functional groups attached to an aromatic ring is 1. The molecule has 0 saturated carbocycles. The van der Waals surface area contributed by atoms with Gasteiger partial charge in [-0.25, -0.2) is 0 Å². The molecule has 0 aliphatic heterocycles. The molecular weight excluding hydrogens is 254 g/mol. The minimum Gasteiger partial charge on any atom is -0.398 e. The molecule has 0 saturated heterocycles. The van der Waals surface area contributed by atoms with Crippen LogP contribution >= 0.6 is 11.6 Å². The third kappa shape index (κ3) is 3.37. The number of nitrogens with one attached hydrogen (secondary N) is 1. The van der Waals surface area contributed by atoms with Crippen LogP contribution < -0.4 is 16.8 Å². The molecule has 0 aliphatic rings. The largest absolute Gasteiger partial charge is 0.398 e. The third-order valence-electron chi connectivity index (χ3n) is 2.62. The van der Waals surface area contributed by atoms with Gasteiger partial charge in [-0.3, -0.25) is 9.59 Å². The van der Waals surface area contributed by atoms with Crippen LogP contribution in [0.5, 0.6) is 0 Å². The summed E-state index contributed by atoms with van der Waals surface area (Å²) in [4.78, 5) is 23.0. The number of amides is 2. The maximum atomic E-state index is 11.9. The molecule has 0 heterocycles. The number of halogens is 1. The monoisotopic (exact) mass is 269 g/mol. The maximum Gasteiger partial charge on any atom is 0.253 e. The zero-order valence-corrected chi connectivity index (χ0v) is 11.0. The van der Waals surface area contributed by atoms with Crippen molar-refractivity contribution in [1.29, 1.82) is 0 Å². The Kier molecular flexibility index (Phi) is 4.19. The van der Waals surface area contributed by atoms with E-state index in [1.807, 2.05) is 0 Å². The second kappa shape index (κ2) is 5.27. The standard InChI is InChI=1S/C12H16ClN3O2/c1-12(2,11(15)18)6-16-10(17)8-4-3-7(13)5-9(8)14/h3-5H,6,14H2,1-2H3,(H2,15,18)(H,16,17). The lowest BCUT2D eigenvalue weighted by Gasteiger charge is -2.20. The van der Waals surface area contributed by atoms with Gasteiger partial charge in [0.05, 0.1) is 11.0 Å². The topological polar surface area (TPSA) is 98.2 Å². The van der Waals surface area contributed by atoms with Crippen LogP contribution in [0.3, 0.4) is 0 Å². The average Bonchev–Trinajstić information content (AvgIpc) is 2.25. The van der Waals surface area contributed by atoms with E-state index in [2.05, 4.69) is 5.32 Å². The van der Waals surface area contributed by atoms with Gasteiger partial charge in [-0.1, -0.05) is 11.6 Å². The molecule has 1 rings (SSSR count). The smallest absolute Gasteiger partial charge is 0.253 e. The molecule has 0 radical (unpaired) electrons. The lowest BCUT2D eigenvalue weighted by molar-refractivity contribution is -0.125. The van der Waals surface area contributed by atoms with E-state index in [-0.39, 0.29) is 18.1 Å². The Morgan fingerprint density at radius 3 is 2.50 bits per heavy atom. The molecule has 2 amide bonds. The fraction of sp³-hybridized carbons (Fsp3) is 0.333. The van der Waals surface area contributed by atoms with Crippen molar-refractivity contribution in [3.05, 3.63) is 28.8 Å². The van der Waals surface area contributed by atoms with Crippen LogP contribution in [-0.4, -0.2) is 18.4 Å². The molecule has 0 spiro atoms. The van der Waals surface area contributed by atoms with Crippen molar-refractivity contribution in [2.45, 2.75) is 13.8 Å². The highest BCUT2D eigenvalue weighted by molar-refractivity contribution is 6.31. The predicted octanol–water partition coefficient (Wildman–Crippen LogP) is 1.16. The van der Waals surface area contributed by atoms with Crippen molar-refractivity contribution in [2.75, 3.05) is 12.3 Å². The molecular formula is C12H16ClN3O2. The summed E-state index contributed by atoms with van der Waals surface area (Å²) in [5.41, 5.74) is 10.7. The number of rotatable bonds is 4. The average molecular weight is 270 g/mol. The van der Waals surface area contributed by atoms with Crippen molar-refractivity contribution in [2.24, 2.45) is 11.1 Å². The quantitative estimate of drug-likeness (QED) is 0.716. The van der Waals surface area contributed by atoms with E-state index in [9.17, 15) is 9.59 Å². The number of hydrogen-bond acceptors (Lipinski definition) is 3. The SMILES string of the molecule is CC(C)(CNC(=O)c1ccc(Cl)cc1N)C(N)=O. The first kappa shape index (κ1) is 14.3. The first-order chi connectivity index (χ1) is 8.24. The Labute approximate surface area is 110 Å². The summed E-state index contributed by atoms with van der Waals surface area (Å²) in [6.45, 7) is 3.45. The fourth-order valence-electron chi connectivity index (χ4n) is 1.22. The van der Waals surface area contributed by atoms with Crippen LogP contribution in [0.25, 0.3) is 0 Å². The summed E-state index contributed by atoms with van der Waals surface area (Å²) < 4.78 is 0. The van der Waals surface area contributed by atoms with Crippen LogP contribution in [-0.2, 0) is 4.79 Å². The number of carbonyl (C=O) groups excluding carboxylic acids is 2. The number of primary amides is 1. The number of carbonyl (C=O) groups is 2. The van der Waals surface area contributed by atoms with Gasteiger partial charge in [0.25, 0.3) is 5.91 Å². The van der Waals surface area contributed by atoms with Gasteiger partial charge < -0.3 is 16.8 Å². The molecule has 0 fully saturated rings. The first-order valence-corrected chi connectivity index (χ1v) is 5.75. The molecule has 98 valence electrons. The van der Waals surface area contributed by atoms with Gasteiger partial charge in [-0.05, 0) is 32.0 Å². The van der Waals surface area contributed by atoms with E-state index in [4.69, 9.17) is 23.1 Å². The van der Waals surface area contributed by atoms with Crippen molar-refractivity contribution >= 4 is 29.1 Å². The number of hydrogen-bond donors (Lipinski definition) is 3. The minimum atomic E-state index is -0.809. The summed E-state index contributed by atoms with van der Waals surface area (Å²) in [6, 6.07) is 4.60. The zero-order chi connectivity index (χ0) is 13.9. The fourth-order valence-corrected chi connectivity index (χ4v) is 1.40. The van der Waals surface area contributed by atoms with Gasteiger partial charge in [-0.2, -0.15) is 0 Å². The highest BCUT2D eigenvalue weighted by atomic mass is 35.5. The third-order valence-corrected chi connectivity index (χ3v) is 2.85. The lowest BCUT2D eigenvalue weighted by Crippen LogP contribution is -2.42. The summed E-state index contributed by atoms with van der Waals surface area (Å²) in [7, 11) is 0. The van der Waals surface area contributed by atoms with E-state index in [0.717, 1.165) is 0 Å². The second-order valence-electron chi connectivity index (χ2n) is 4.66. The number of benzene rings is 1. The molecule has 5 N–H and O–H groups in total. The number of nitrogens with two attached hydrogens (primary N) is 2. The normalized spacial score (nSPS) is 11.1. The van der Waals surface area contributed by atoms with Crippen molar-refractivity contribution in [1.82, 2.24) is 5.32 Å². The zero-order valence-electron chi connectivity index (χ0n) is 10.3. The van der Waals surface area contributed by atoms with Gasteiger partial charge in [0.1, 0.15) is 0 Å². The Bertz CT molecular complexity index is 486. The van der Waals surface area contributed by atoms with Crippen LogP contribution in [0.2, 0.25) is 5.02 Å². The molecule has 0 aliphatic carbocycles. The molecule has 0 unspecified atom stereocenters. The van der Waals surface area contributed by atoms with Crippen LogP contribution in [0.15, 0.2) is 18.2 Å². The Hall–Kier alpha value is -1.75. The van der Waals surface area contributed by atoms with Gasteiger partial charge in [0.15, 0.2) is 0 Å². The Morgan fingerprint density at radius 1 is 1.39 bits per heavy atom. The van der Waals surface area contributed by atoms with Crippen molar-refractivity contribution in [3.63, 3.8) is 0 Å². The minimum absolute atomic E-state index is 0.142. The summed E-state index contributed by atoms with van der Waals surface area (Å²) in [5, 5.41) is 3.08. The highest BCUT2D eigenvalue weighted by Crippen LogP contribution is 2.18. The van der Waals surface area contributed by atoms with Gasteiger partial charge >= 0.3 is 0 Å². The van der Waals surface area contributed by atoms with Gasteiger partial charge in [0.2, 0.25) is 5.91 Å². The molecule has 0 atom stereocenters.